The number of hydrogen-bond acceptors (Lipinski definition) is 1. The first-order valence-corrected chi connectivity index (χ1v) is 5.84. The van der Waals surface area contributed by atoms with Gasteiger partial charge < -0.3 is 5.32 Å². The van der Waals surface area contributed by atoms with Crippen LogP contribution in [0.4, 0.5) is 0 Å². The molecule has 0 heterocycles. The van der Waals surface area contributed by atoms with Crippen molar-refractivity contribution in [3.05, 3.63) is 34.9 Å². The topological polar surface area (TPSA) is 12.0 Å². The number of hydrogen-bond donors (Lipinski definition) is 1. The van der Waals surface area contributed by atoms with Crippen LogP contribution in [0.25, 0.3) is 0 Å². The maximum atomic E-state index is 5.99. The molecule has 1 aromatic carbocycles. The first kappa shape index (κ1) is 11.0. The summed E-state index contributed by atoms with van der Waals surface area (Å²) in [5.41, 5.74) is 1.17. The van der Waals surface area contributed by atoms with Crippen molar-refractivity contribution in [3.63, 3.8) is 0 Å². The van der Waals surface area contributed by atoms with Crippen LogP contribution in [0, 0.1) is 0 Å². The normalized spacial score (nSPS) is 10.3. The van der Waals surface area contributed by atoms with Crippen molar-refractivity contribution in [2.24, 2.45) is 0 Å². The number of nitrogens with one attached hydrogen (secondary N) is 1. The first-order chi connectivity index (χ1) is 6.34. The molecule has 0 radical (unpaired) electrons. The van der Waals surface area contributed by atoms with Crippen molar-refractivity contribution in [2.75, 3.05) is 11.9 Å². The minimum atomic E-state index is 0.842. The minimum Gasteiger partial charge on any atom is -0.313 e. The van der Waals surface area contributed by atoms with E-state index in [0.717, 1.165) is 29.9 Å². The molecule has 3 heteroatoms. The van der Waals surface area contributed by atoms with Gasteiger partial charge in [-0.15, -0.1) is 0 Å². The number of halogens is 2. The van der Waals surface area contributed by atoms with Gasteiger partial charge in [0.25, 0.3) is 0 Å². The monoisotopic (exact) mass is 261 g/mol. The fourth-order valence-corrected chi connectivity index (χ4v) is 1.54. The quantitative estimate of drug-likeness (QED) is 0.635. The lowest BCUT2D eigenvalue weighted by Crippen LogP contribution is -2.15. The Morgan fingerprint density at radius 2 is 2.08 bits per heavy atom. The average molecular weight is 263 g/mol. The number of benzene rings is 1. The summed E-state index contributed by atoms with van der Waals surface area (Å²) < 4.78 is 0. The largest absolute Gasteiger partial charge is 0.313 e. The van der Waals surface area contributed by atoms with E-state index >= 15 is 0 Å². The van der Waals surface area contributed by atoms with E-state index < -0.39 is 0 Å². The Balaban J connectivity index is 2.32. The van der Waals surface area contributed by atoms with Gasteiger partial charge in [-0.2, -0.15) is 0 Å². The molecule has 1 nitrogen and oxygen atoms in total. The van der Waals surface area contributed by atoms with Crippen LogP contribution in [0.3, 0.4) is 0 Å². The van der Waals surface area contributed by atoms with Crippen molar-refractivity contribution < 1.29 is 0 Å². The van der Waals surface area contributed by atoms with E-state index in [2.05, 4.69) is 21.2 Å². The summed E-state index contributed by atoms with van der Waals surface area (Å²) in [7, 11) is 0. The Morgan fingerprint density at radius 1 is 1.31 bits per heavy atom. The summed E-state index contributed by atoms with van der Waals surface area (Å²) in [6.07, 6.45) is 1.14. The average Bonchev–Trinajstić information content (AvgIpc) is 2.15. The third kappa shape index (κ3) is 4.12. The third-order valence-electron chi connectivity index (χ3n) is 1.76. The molecule has 0 aliphatic heterocycles. The molecule has 13 heavy (non-hydrogen) atoms. The maximum absolute atomic E-state index is 5.99. The zero-order valence-corrected chi connectivity index (χ0v) is 9.74. The lowest BCUT2D eigenvalue weighted by atomic mass is 10.2. The highest BCUT2D eigenvalue weighted by Gasteiger charge is 1.96. The van der Waals surface area contributed by atoms with Crippen LogP contribution < -0.4 is 5.32 Å². The van der Waals surface area contributed by atoms with Gasteiger partial charge in [0.2, 0.25) is 0 Å². The zero-order valence-electron chi connectivity index (χ0n) is 7.39. The predicted octanol–water partition coefficient (Wildman–Crippen LogP) is 3.21. The highest BCUT2D eigenvalue weighted by atomic mass is 79.9. The van der Waals surface area contributed by atoms with Gasteiger partial charge in [0.05, 0.1) is 0 Å². The van der Waals surface area contributed by atoms with Crippen molar-refractivity contribution in [2.45, 2.75) is 13.0 Å². The van der Waals surface area contributed by atoms with Gasteiger partial charge in [0.1, 0.15) is 0 Å². The van der Waals surface area contributed by atoms with Crippen LogP contribution in [0.15, 0.2) is 24.3 Å². The molecule has 0 atom stereocenters. The van der Waals surface area contributed by atoms with Gasteiger partial charge >= 0.3 is 0 Å². The van der Waals surface area contributed by atoms with Gasteiger partial charge in [-0.1, -0.05) is 45.7 Å². The fraction of sp³-hybridized carbons (Fsp3) is 0.400. The molecule has 0 aromatic heterocycles. The molecule has 0 bridgehead atoms. The lowest BCUT2D eigenvalue weighted by molar-refractivity contribution is 0.680. The van der Waals surface area contributed by atoms with Crippen LogP contribution in [-0.2, 0) is 6.54 Å². The molecule has 1 rings (SSSR count). The van der Waals surface area contributed by atoms with E-state index in [1.54, 1.807) is 0 Å². The minimum absolute atomic E-state index is 0.842. The highest BCUT2D eigenvalue weighted by molar-refractivity contribution is 9.09. The van der Waals surface area contributed by atoms with Gasteiger partial charge in [0.15, 0.2) is 0 Å². The second-order valence-corrected chi connectivity index (χ2v) is 4.01. The molecule has 0 unspecified atom stereocenters. The summed E-state index contributed by atoms with van der Waals surface area (Å²) in [6.45, 7) is 1.88. The summed E-state index contributed by atoms with van der Waals surface area (Å²) in [5, 5.41) is 5.21. The van der Waals surface area contributed by atoms with E-state index in [-0.39, 0.29) is 0 Å². The number of rotatable bonds is 5. The summed E-state index contributed by atoms with van der Waals surface area (Å²) in [6, 6.07) is 7.92. The Morgan fingerprint density at radius 3 is 2.77 bits per heavy atom. The molecule has 0 saturated carbocycles. The molecule has 1 aromatic rings. The molecule has 0 spiro atoms. The van der Waals surface area contributed by atoms with Crippen molar-refractivity contribution in [1.29, 1.82) is 0 Å². The molecule has 72 valence electrons. The standard InChI is InChI=1S/C10H13BrClN/c11-6-3-7-13-8-9-4-1-2-5-10(9)12/h1-2,4-5,13H,3,6-8H2. The van der Waals surface area contributed by atoms with Gasteiger partial charge in [-0.25, -0.2) is 0 Å². The molecule has 0 amide bonds. The highest BCUT2D eigenvalue weighted by Crippen LogP contribution is 2.13. The summed E-state index contributed by atoms with van der Waals surface area (Å²) >= 11 is 9.37. The van der Waals surface area contributed by atoms with Gasteiger partial charge in [-0.3, -0.25) is 0 Å². The molecule has 1 N–H and O–H groups in total. The van der Waals surface area contributed by atoms with E-state index in [4.69, 9.17) is 11.6 Å². The first-order valence-electron chi connectivity index (χ1n) is 4.34. The van der Waals surface area contributed by atoms with Crippen LogP contribution in [-0.4, -0.2) is 11.9 Å². The molecule has 0 aliphatic rings. The Labute approximate surface area is 92.6 Å². The van der Waals surface area contributed by atoms with Crippen molar-refractivity contribution in [3.8, 4) is 0 Å². The van der Waals surface area contributed by atoms with E-state index in [1.807, 2.05) is 24.3 Å². The summed E-state index contributed by atoms with van der Waals surface area (Å²) in [4.78, 5) is 0. The molecule has 0 fully saturated rings. The summed E-state index contributed by atoms with van der Waals surface area (Å²) in [5.74, 6) is 0. The third-order valence-corrected chi connectivity index (χ3v) is 2.69. The second-order valence-electron chi connectivity index (χ2n) is 2.81. The van der Waals surface area contributed by atoms with Crippen LogP contribution in [0.2, 0.25) is 5.02 Å². The van der Waals surface area contributed by atoms with Gasteiger partial charge in [0, 0.05) is 16.9 Å². The van der Waals surface area contributed by atoms with Crippen molar-refractivity contribution >= 4 is 27.5 Å². The predicted molar refractivity (Wildman–Crippen MR) is 61.6 cm³/mol. The van der Waals surface area contributed by atoms with Crippen LogP contribution >= 0.6 is 27.5 Å². The van der Waals surface area contributed by atoms with Gasteiger partial charge in [-0.05, 0) is 24.6 Å². The Bertz CT molecular complexity index is 252. The van der Waals surface area contributed by atoms with Crippen molar-refractivity contribution in [1.82, 2.24) is 5.32 Å². The maximum Gasteiger partial charge on any atom is 0.0450 e. The van der Waals surface area contributed by atoms with E-state index in [0.29, 0.717) is 0 Å². The lowest BCUT2D eigenvalue weighted by Gasteiger charge is -2.04. The molecule has 0 saturated heterocycles. The zero-order chi connectivity index (χ0) is 9.52. The molecular weight excluding hydrogens is 249 g/mol. The fourth-order valence-electron chi connectivity index (χ4n) is 1.06. The van der Waals surface area contributed by atoms with Crippen LogP contribution in [0.5, 0.6) is 0 Å². The van der Waals surface area contributed by atoms with E-state index in [9.17, 15) is 0 Å². The second kappa shape index (κ2) is 6.41. The Hall–Kier alpha value is -0.0500. The smallest absolute Gasteiger partial charge is 0.0450 e. The SMILES string of the molecule is Clc1ccccc1CNCCCBr. The molecular formula is C10H13BrClN. The Kier molecular flexibility index (Phi) is 5.44. The molecule has 0 aliphatic carbocycles. The van der Waals surface area contributed by atoms with E-state index in [1.165, 1.54) is 5.56 Å². The van der Waals surface area contributed by atoms with Crippen LogP contribution in [0.1, 0.15) is 12.0 Å². The number of alkyl halides is 1.